The number of rotatable bonds is 7. The summed E-state index contributed by atoms with van der Waals surface area (Å²) in [5, 5.41) is 13.5. The normalized spacial score (nSPS) is 16.5. The molecule has 25 heavy (non-hydrogen) atoms. The smallest absolute Gasteiger partial charge is 0.242 e. The predicted octanol–water partition coefficient (Wildman–Crippen LogP) is 2.81. The molecule has 0 unspecified atom stereocenters. The fraction of sp³-hybridized carbons (Fsp3) is 0.350. The molecule has 1 amide bonds. The Morgan fingerprint density at radius 1 is 1.16 bits per heavy atom. The SMILES string of the molecule is CN(C[C@H](O)c1ccc(F)cc1)[C@@H](C(=O)NC1CC1)c1ccccc1. The maximum atomic E-state index is 13.1. The van der Waals surface area contributed by atoms with Crippen LogP contribution in [0.15, 0.2) is 54.6 Å². The Kier molecular flexibility index (Phi) is 5.46. The fourth-order valence-corrected chi connectivity index (χ4v) is 2.92. The molecule has 0 radical (unpaired) electrons. The molecular weight excluding hydrogens is 319 g/mol. The van der Waals surface area contributed by atoms with Crippen molar-refractivity contribution in [3.05, 3.63) is 71.5 Å². The highest BCUT2D eigenvalue weighted by Gasteiger charge is 2.31. The molecule has 0 bridgehead atoms. The van der Waals surface area contributed by atoms with E-state index in [1.165, 1.54) is 12.1 Å². The Balaban J connectivity index is 1.74. The van der Waals surface area contributed by atoms with Crippen LogP contribution in [0.3, 0.4) is 0 Å². The summed E-state index contributed by atoms with van der Waals surface area (Å²) in [4.78, 5) is 14.5. The molecule has 0 saturated heterocycles. The lowest BCUT2D eigenvalue weighted by molar-refractivity contribution is -0.126. The van der Waals surface area contributed by atoms with Crippen LogP contribution in [0.5, 0.6) is 0 Å². The molecule has 0 aliphatic heterocycles. The highest BCUT2D eigenvalue weighted by atomic mass is 19.1. The zero-order valence-corrected chi connectivity index (χ0v) is 14.2. The second kappa shape index (κ2) is 7.76. The molecule has 2 atom stereocenters. The second-order valence-electron chi connectivity index (χ2n) is 6.60. The lowest BCUT2D eigenvalue weighted by Crippen LogP contribution is -2.41. The molecule has 1 aliphatic carbocycles. The molecular formula is C20H23FN2O2. The average Bonchev–Trinajstić information content (AvgIpc) is 3.40. The van der Waals surface area contributed by atoms with Gasteiger partial charge in [-0.1, -0.05) is 42.5 Å². The van der Waals surface area contributed by atoms with Gasteiger partial charge in [0.1, 0.15) is 11.9 Å². The molecule has 2 N–H and O–H groups in total. The van der Waals surface area contributed by atoms with Crippen LogP contribution in [-0.4, -0.2) is 35.5 Å². The molecule has 1 saturated carbocycles. The van der Waals surface area contributed by atoms with Gasteiger partial charge < -0.3 is 10.4 Å². The maximum absolute atomic E-state index is 13.1. The van der Waals surface area contributed by atoms with Gasteiger partial charge in [-0.25, -0.2) is 4.39 Å². The summed E-state index contributed by atoms with van der Waals surface area (Å²) in [6.45, 7) is 0.267. The van der Waals surface area contributed by atoms with E-state index in [1.54, 1.807) is 12.1 Å². The lowest BCUT2D eigenvalue weighted by Gasteiger charge is -2.29. The fourth-order valence-electron chi connectivity index (χ4n) is 2.92. The Hall–Kier alpha value is -2.24. The number of amides is 1. The van der Waals surface area contributed by atoms with Gasteiger partial charge in [0.25, 0.3) is 0 Å². The summed E-state index contributed by atoms with van der Waals surface area (Å²) >= 11 is 0. The van der Waals surface area contributed by atoms with E-state index in [1.807, 2.05) is 42.3 Å². The average molecular weight is 342 g/mol. The second-order valence-corrected chi connectivity index (χ2v) is 6.60. The van der Waals surface area contributed by atoms with E-state index in [0.29, 0.717) is 5.56 Å². The number of carbonyl (C=O) groups excluding carboxylic acids is 1. The molecule has 0 aromatic heterocycles. The van der Waals surface area contributed by atoms with Gasteiger partial charge in [0.2, 0.25) is 5.91 Å². The van der Waals surface area contributed by atoms with Crippen molar-refractivity contribution in [1.82, 2.24) is 10.2 Å². The number of aliphatic hydroxyl groups excluding tert-OH is 1. The van der Waals surface area contributed by atoms with E-state index in [2.05, 4.69) is 5.32 Å². The third-order valence-electron chi connectivity index (χ3n) is 4.44. The van der Waals surface area contributed by atoms with Crippen LogP contribution >= 0.6 is 0 Å². The van der Waals surface area contributed by atoms with Crippen LogP contribution in [0.2, 0.25) is 0 Å². The first-order valence-electron chi connectivity index (χ1n) is 8.53. The highest BCUT2D eigenvalue weighted by Crippen LogP contribution is 2.26. The first-order chi connectivity index (χ1) is 12.0. The number of hydrogen-bond acceptors (Lipinski definition) is 3. The first-order valence-corrected chi connectivity index (χ1v) is 8.53. The molecule has 5 heteroatoms. The summed E-state index contributed by atoms with van der Waals surface area (Å²) < 4.78 is 13.1. The molecule has 0 spiro atoms. The molecule has 1 fully saturated rings. The van der Waals surface area contributed by atoms with Crippen LogP contribution < -0.4 is 5.32 Å². The third-order valence-corrected chi connectivity index (χ3v) is 4.44. The van der Waals surface area contributed by atoms with Crippen LogP contribution in [0.4, 0.5) is 4.39 Å². The van der Waals surface area contributed by atoms with Crippen LogP contribution in [0.1, 0.15) is 36.1 Å². The summed E-state index contributed by atoms with van der Waals surface area (Å²) in [7, 11) is 1.82. The van der Waals surface area contributed by atoms with E-state index < -0.39 is 12.1 Å². The van der Waals surface area contributed by atoms with Crippen molar-refractivity contribution < 1.29 is 14.3 Å². The van der Waals surface area contributed by atoms with Gasteiger partial charge in [0, 0.05) is 12.6 Å². The number of aliphatic hydroxyl groups is 1. The molecule has 1 aliphatic rings. The number of carbonyl (C=O) groups is 1. The topological polar surface area (TPSA) is 52.6 Å². The number of benzene rings is 2. The van der Waals surface area contributed by atoms with Gasteiger partial charge in [0.15, 0.2) is 0 Å². The Labute approximate surface area is 147 Å². The molecule has 0 heterocycles. The molecule has 2 aromatic carbocycles. The van der Waals surface area contributed by atoms with Gasteiger partial charge in [-0.05, 0) is 43.1 Å². The lowest BCUT2D eigenvalue weighted by atomic mass is 10.0. The van der Waals surface area contributed by atoms with E-state index in [9.17, 15) is 14.3 Å². The zero-order valence-electron chi connectivity index (χ0n) is 14.2. The van der Waals surface area contributed by atoms with Crippen LogP contribution in [0, 0.1) is 5.82 Å². The van der Waals surface area contributed by atoms with Crippen molar-refractivity contribution in [2.45, 2.75) is 31.0 Å². The third kappa shape index (κ3) is 4.65. The Bertz CT molecular complexity index is 701. The van der Waals surface area contributed by atoms with E-state index in [-0.39, 0.29) is 24.3 Å². The Morgan fingerprint density at radius 2 is 1.80 bits per heavy atom. The van der Waals surface area contributed by atoms with Gasteiger partial charge in [-0.2, -0.15) is 0 Å². The number of halogens is 1. The largest absolute Gasteiger partial charge is 0.387 e. The number of hydrogen-bond donors (Lipinski definition) is 2. The summed E-state index contributed by atoms with van der Waals surface area (Å²) in [6, 6.07) is 15.1. The van der Waals surface area contributed by atoms with Crippen molar-refractivity contribution >= 4 is 5.91 Å². The maximum Gasteiger partial charge on any atom is 0.242 e. The van der Waals surface area contributed by atoms with Crippen molar-refractivity contribution in [2.24, 2.45) is 0 Å². The van der Waals surface area contributed by atoms with Crippen molar-refractivity contribution in [3.8, 4) is 0 Å². The minimum Gasteiger partial charge on any atom is -0.387 e. The zero-order chi connectivity index (χ0) is 17.8. The standard InChI is InChI=1S/C20H23FN2O2/c1-23(13-18(24)14-7-9-16(21)10-8-14)19(15-5-3-2-4-6-15)20(25)22-17-11-12-17/h2-10,17-19,24H,11-13H2,1H3,(H,22,25)/t18-,19+/m0/s1. The van der Waals surface area contributed by atoms with E-state index in [0.717, 1.165) is 18.4 Å². The van der Waals surface area contributed by atoms with Gasteiger partial charge in [-0.3, -0.25) is 9.69 Å². The minimum absolute atomic E-state index is 0.0532. The number of nitrogens with one attached hydrogen (secondary N) is 1. The molecule has 4 nitrogen and oxygen atoms in total. The molecule has 132 valence electrons. The quantitative estimate of drug-likeness (QED) is 0.813. The number of nitrogens with zero attached hydrogens (tertiary/aromatic N) is 1. The molecule has 3 rings (SSSR count). The van der Waals surface area contributed by atoms with Crippen molar-refractivity contribution in [3.63, 3.8) is 0 Å². The monoisotopic (exact) mass is 342 g/mol. The first kappa shape index (κ1) is 17.6. The summed E-state index contributed by atoms with van der Waals surface area (Å²) in [6.07, 6.45) is 1.25. The van der Waals surface area contributed by atoms with Crippen LogP contribution in [-0.2, 0) is 4.79 Å². The van der Waals surface area contributed by atoms with Gasteiger partial charge >= 0.3 is 0 Å². The summed E-state index contributed by atoms with van der Waals surface area (Å²) in [5.74, 6) is -0.391. The van der Waals surface area contributed by atoms with Crippen LogP contribution in [0.25, 0.3) is 0 Å². The highest BCUT2D eigenvalue weighted by molar-refractivity contribution is 5.83. The van der Waals surface area contributed by atoms with Crippen molar-refractivity contribution in [2.75, 3.05) is 13.6 Å². The summed E-state index contributed by atoms with van der Waals surface area (Å²) in [5.41, 5.74) is 1.51. The van der Waals surface area contributed by atoms with E-state index >= 15 is 0 Å². The Morgan fingerprint density at radius 3 is 2.40 bits per heavy atom. The molecule has 2 aromatic rings. The van der Waals surface area contributed by atoms with Gasteiger partial charge in [0.05, 0.1) is 6.10 Å². The number of likely N-dealkylation sites (N-methyl/N-ethyl adjacent to an activating group) is 1. The van der Waals surface area contributed by atoms with Crippen molar-refractivity contribution in [1.29, 1.82) is 0 Å². The predicted molar refractivity (Wildman–Crippen MR) is 94.3 cm³/mol. The minimum atomic E-state index is -0.800. The van der Waals surface area contributed by atoms with E-state index in [4.69, 9.17) is 0 Å². The van der Waals surface area contributed by atoms with Gasteiger partial charge in [-0.15, -0.1) is 0 Å².